The number of piperazine rings is 1. The number of methoxy groups -OCH3 is 1. The van der Waals surface area contributed by atoms with Crippen molar-refractivity contribution < 1.29 is 13.9 Å². The molecule has 1 aliphatic rings. The normalized spacial score (nSPS) is 14.9. The van der Waals surface area contributed by atoms with Crippen molar-refractivity contribution in [3.8, 4) is 17.0 Å². The van der Waals surface area contributed by atoms with Gasteiger partial charge in [-0.05, 0) is 36.4 Å². The smallest absolute Gasteiger partial charge is 0.119 e. The van der Waals surface area contributed by atoms with E-state index in [2.05, 4.69) is 46.2 Å². The highest BCUT2D eigenvalue weighted by atomic mass is 19.1. The molecule has 3 aromatic rings. The number of alkyl halides is 1. The van der Waals surface area contributed by atoms with Gasteiger partial charge in [-0.25, -0.2) is 9.37 Å². The Kier molecular flexibility index (Phi) is 6.77. The van der Waals surface area contributed by atoms with E-state index in [1.165, 1.54) is 5.69 Å². The Morgan fingerprint density at radius 2 is 1.73 bits per heavy atom. The molecule has 0 spiro atoms. The van der Waals surface area contributed by atoms with E-state index in [4.69, 9.17) is 14.5 Å². The minimum atomic E-state index is -0.409. The summed E-state index contributed by atoms with van der Waals surface area (Å²) in [6.45, 7) is 5.22. The molecule has 0 saturated carbocycles. The summed E-state index contributed by atoms with van der Waals surface area (Å²) < 4.78 is 22.6. The van der Waals surface area contributed by atoms with E-state index in [0.29, 0.717) is 6.61 Å². The molecule has 1 aromatic heterocycles. The molecule has 1 fully saturated rings. The number of fused-ring (bicyclic) bond motifs is 1. The zero-order valence-corrected chi connectivity index (χ0v) is 17.4. The maximum absolute atomic E-state index is 12.1. The highest BCUT2D eigenvalue weighted by Gasteiger charge is 2.17. The number of pyridine rings is 1. The Balaban J connectivity index is 1.37. The van der Waals surface area contributed by atoms with Gasteiger partial charge >= 0.3 is 0 Å². The molecule has 0 atom stereocenters. The summed E-state index contributed by atoms with van der Waals surface area (Å²) in [6, 6.07) is 18.7. The van der Waals surface area contributed by atoms with Crippen LogP contribution in [0.3, 0.4) is 0 Å². The van der Waals surface area contributed by atoms with Crippen LogP contribution in [0.5, 0.6) is 5.75 Å². The van der Waals surface area contributed by atoms with E-state index in [-0.39, 0.29) is 6.61 Å². The summed E-state index contributed by atoms with van der Waals surface area (Å²) in [5, 5.41) is 1.07. The second kappa shape index (κ2) is 9.87. The Morgan fingerprint density at radius 1 is 0.933 bits per heavy atom. The molecule has 0 amide bonds. The molecule has 30 heavy (non-hydrogen) atoms. The Hall–Kier alpha value is -2.70. The van der Waals surface area contributed by atoms with Crippen LogP contribution in [0.2, 0.25) is 0 Å². The third kappa shape index (κ3) is 4.89. The summed E-state index contributed by atoms with van der Waals surface area (Å²) in [6.07, 6.45) is 0. The number of hydrogen-bond donors (Lipinski definition) is 0. The van der Waals surface area contributed by atoms with Gasteiger partial charge in [-0.3, -0.25) is 4.90 Å². The first-order chi connectivity index (χ1) is 14.8. The molecule has 0 aliphatic carbocycles. The Morgan fingerprint density at radius 3 is 2.47 bits per heavy atom. The first kappa shape index (κ1) is 20.6. The number of ether oxygens (including phenoxy) is 2. The van der Waals surface area contributed by atoms with Crippen molar-refractivity contribution in [3.63, 3.8) is 0 Å². The van der Waals surface area contributed by atoms with E-state index < -0.39 is 6.67 Å². The van der Waals surface area contributed by atoms with Crippen LogP contribution >= 0.6 is 0 Å². The molecule has 0 unspecified atom stereocenters. The molecule has 1 saturated heterocycles. The predicted octanol–water partition coefficient (Wildman–Crippen LogP) is 4.02. The van der Waals surface area contributed by atoms with Gasteiger partial charge in [0, 0.05) is 49.4 Å². The first-order valence-electron chi connectivity index (χ1n) is 10.4. The fraction of sp³-hybridized carbons (Fsp3) is 0.375. The number of aromatic nitrogens is 1. The van der Waals surface area contributed by atoms with Gasteiger partial charge in [-0.2, -0.15) is 0 Å². The van der Waals surface area contributed by atoms with E-state index >= 15 is 0 Å². The molecule has 158 valence electrons. The molecule has 0 radical (unpaired) electrons. The van der Waals surface area contributed by atoms with Crippen LogP contribution in [0.4, 0.5) is 10.1 Å². The number of benzene rings is 2. The number of hydrogen-bond acceptors (Lipinski definition) is 5. The predicted molar refractivity (Wildman–Crippen MR) is 119 cm³/mol. The minimum absolute atomic E-state index is 0.201. The largest absolute Gasteiger partial charge is 0.497 e. The van der Waals surface area contributed by atoms with Crippen molar-refractivity contribution in [2.24, 2.45) is 0 Å². The quantitative estimate of drug-likeness (QED) is 0.526. The van der Waals surface area contributed by atoms with Crippen LogP contribution in [-0.2, 0) is 4.74 Å². The van der Waals surface area contributed by atoms with Crippen LogP contribution < -0.4 is 9.64 Å². The van der Waals surface area contributed by atoms with Gasteiger partial charge in [0.05, 0.1) is 31.5 Å². The third-order valence-electron chi connectivity index (χ3n) is 5.57. The maximum Gasteiger partial charge on any atom is 0.119 e. The number of rotatable bonds is 8. The average molecular weight is 410 g/mol. The van der Waals surface area contributed by atoms with Crippen LogP contribution in [0, 0.1) is 0 Å². The SMILES string of the molecule is COc1ccc2nc(-c3ccc(N4CCN(CCOCCF)CC4)cc3)ccc2c1. The van der Waals surface area contributed by atoms with Crippen molar-refractivity contribution in [1.82, 2.24) is 9.88 Å². The molecule has 0 N–H and O–H groups in total. The Labute approximate surface area is 177 Å². The summed E-state index contributed by atoms with van der Waals surface area (Å²) in [5.41, 5.74) is 4.28. The van der Waals surface area contributed by atoms with Crippen molar-refractivity contribution in [3.05, 3.63) is 54.6 Å². The van der Waals surface area contributed by atoms with Gasteiger partial charge in [-0.1, -0.05) is 18.2 Å². The molecular weight excluding hydrogens is 381 g/mol. The van der Waals surface area contributed by atoms with Crippen molar-refractivity contribution in [2.45, 2.75) is 0 Å². The van der Waals surface area contributed by atoms with E-state index in [1.807, 2.05) is 18.2 Å². The third-order valence-corrected chi connectivity index (χ3v) is 5.57. The van der Waals surface area contributed by atoms with Crippen molar-refractivity contribution in [2.75, 3.05) is 64.6 Å². The lowest BCUT2D eigenvalue weighted by molar-refractivity contribution is 0.0913. The van der Waals surface area contributed by atoms with Gasteiger partial charge in [0.25, 0.3) is 0 Å². The van der Waals surface area contributed by atoms with Gasteiger partial charge in [0.1, 0.15) is 12.4 Å². The average Bonchev–Trinajstić information content (AvgIpc) is 2.82. The van der Waals surface area contributed by atoms with Crippen LogP contribution in [0.1, 0.15) is 0 Å². The molecule has 5 nitrogen and oxygen atoms in total. The van der Waals surface area contributed by atoms with E-state index in [1.54, 1.807) is 7.11 Å². The summed E-state index contributed by atoms with van der Waals surface area (Å²) in [5.74, 6) is 0.841. The molecule has 2 heterocycles. The van der Waals surface area contributed by atoms with Gasteiger partial charge in [0.15, 0.2) is 0 Å². The summed E-state index contributed by atoms with van der Waals surface area (Å²) >= 11 is 0. The van der Waals surface area contributed by atoms with E-state index in [0.717, 1.165) is 60.6 Å². The maximum atomic E-state index is 12.1. The van der Waals surface area contributed by atoms with Gasteiger partial charge in [-0.15, -0.1) is 0 Å². The number of halogens is 1. The molecule has 6 heteroatoms. The van der Waals surface area contributed by atoms with Gasteiger partial charge < -0.3 is 14.4 Å². The van der Waals surface area contributed by atoms with Gasteiger partial charge in [0.2, 0.25) is 0 Å². The lowest BCUT2D eigenvalue weighted by atomic mass is 10.1. The standard InChI is InChI=1S/C24H28FN3O2/c1-29-22-7-9-24-20(18-22)4-8-23(26-24)19-2-5-21(6-3-19)28-13-11-27(12-14-28)15-17-30-16-10-25/h2-9,18H,10-17H2,1H3. The van der Waals surface area contributed by atoms with Crippen molar-refractivity contribution >= 4 is 16.6 Å². The molecule has 4 rings (SSSR count). The van der Waals surface area contributed by atoms with Crippen LogP contribution in [-0.4, -0.2) is 69.6 Å². The highest BCUT2D eigenvalue weighted by molar-refractivity contribution is 5.83. The van der Waals surface area contributed by atoms with Crippen LogP contribution in [0.15, 0.2) is 54.6 Å². The lowest BCUT2D eigenvalue weighted by Crippen LogP contribution is -2.47. The molecule has 0 bridgehead atoms. The summed E-state index contributed by atoms with van der Waals surface area (Å²) in [7, 11) is 1.67. The molecule has 2 aromatic carbocycles. The monoisotopic (exact) mass is 409 g/mol. The minimum Gasteiger partial charge on any atom is -0.497 e. The second-order valence-corrected chi connectivity index (χ2v) is 7.43. The van der Waals surface area contributed by atoms with Crippen molar-refractivity contribution in [1.29, 1.82) is 0 Å². The number of anilines is 1. The topological polar surface area (TPSA) is 37.8 Å². The second-order valence-electron chi connectivity index (χ2n) is 7.43. The summed E-state index contributed by atoms with van der Waals surface area (Å²) in [4.78, 5) is 9.58. The molecular formula is C24H28FN3O2. The lowest BCUT2D eigenvalue weighted by Gasteiger charge is -2.36. The number of nitrogens with zero attached hydrogens (tertiary/aromatic N) is 3. The first-order valence-corrected chi connectivity index (χ1v) is 10.4. The zero-order chi connectivity index (χ0) is 20.8. The van der Waals surface area contributed by atoms with E-state index in [9.17, 15) is 4.39 Å². The highest BCUT2D eigenvalue weighted by Crippen LogP contribution is 2.26. The van der Waals surface area contributed by atoms with Crippen LogP contribution in [0.25, 0.3) is 22.2 Å². The fourth-order valence-corrected chi connectivity index (χ4v) is 3.81. The molecule has 1 aliphatic heterocycles. The zero-order valence-electron chi connectivity index (χ0n) is 17.4. The fourth-order valence-electron chi connectivity index (χ4n) is 3.81. The Bertz CT molecular complexity index is 956.